The number of hydrogen-bond acceptors (Lipinski definition) is 6. The zero-order valence-electron chi connectivity index (χ0n) is 14.7. The van der Waals surface area contributed by atoms with Crippen LogP contribution in [0, 0.1) is 10.1 Å². The lowest BCUT2D eigenvalue weighted by molar-refractivity contribution is -0.384. The van der Waals surface area contributed by atoms with E-state index in [9.17, 15) is 15.2 Å². The van der Waals surface area contributed by atoms with Crippen molar-refractivity contribution in [3.63, 3.8) is 0 Å². The number of aromatic nitrogens is 2. The quantitative estimate of drug-likeness (QED) is 0.397. The smallest absolute Gasteiger partial charge is 0.269 e. The molecule has 1 atom stereocenters. The molecule has 0 spiro atoms. The maximum absolute atomic E-state index is 11.0. The lowest BCUT2D eigenvalue weighted by Crippen LogP contribution is -2.13. The number of phenolic OH excluding ortho intramolecular Hbond substituents is 1. The Morgan fingerprint density at radius 3 is 2.43 bits per heavy atom. The number of nitrogens with zero attached hydrogens (tertiary/aromatic N) is 3. The second-order valence-corrected chi connectivity index (χ2v) is 6.22. The molecule has 0 saturated heterocycles. The summed E-state index contributed by atoms with van der Waals surface area (Å²) >= 11 is 0. The van der Waals surface area contributed by atoms with E-state index in [-0.39, 0.29) is 11.4 Å². The SMILES string of the molecule is O=[N+]([O-])c1ccc(C(Nc2ccccn2)c2ccc3cccnc3c2O)cc1. The van der Waals surface area contributed by atoms with Gasteiger partial charge in [0.2, 0.25) is 0 Å². The van der Waals surface area contributed by atoms with Crippen molar-refractivity contribution in [2.75, 3.05) is 5.32 Å². The summed E-state index contributed by atoms with van der Waals surface area (Å²) in [5, 5.41) is 26.0. The van der Waals surface area contributed by atoms with Crippen LogP contribution in [-0.4, -0.2) is 20.0 Å². The fourth-order valence-corrected chi connectivity index (χ4v) is 3.10. The number of nitrogens with one attached hydrogen (secondary N) is 1. The standard InChI is InChI=1S/C21H16N4O3/c26-21-17(11-8-14-4-3-13-23-20(14)21)19(24-18-5-1-2-12-22-18)15-6-9-16(10-7-15)25(27)28/h1-13,19,26H,(H,22,24). The highest BCUT2D eigenvalue weighted by Crippen LogP contribution is 2.36. The minimum absolute atomic E-state index is 0.00439. The molecule has 4 rings (SSSR count). The second kappa shape index (κ2) is 7.32. The highest BCUT2D eigenvalue weighted by Gasteiger charge is 2.21. The van der Waals surface area contributed by atoms with Gasteiger partial charge in [-0.2, -0.15) is 0 Å². The molecule has 7 nitrogen and oxygen atoms in total. The number of phenols is 1. The molecule has 2 aromatic heterocycles. The van der Waals surface area contributed by atoms with Crippen LogP contribution in [0.15, 0.2) is 79.1 Å². The Morgan fingerprint density at radius 2 is 1.71 bits per heavy atom. The van der Waals surface area contributed by atoms with Crippen LogP contribution in [0.25, 0.3) is 10.9 Å². The molecule has 2 N–H and O–H groups in total. The van der Waals surface area contributed by atoms with Crippen molar-refractivity contribution in [1.29, 1.82) is 0 Å². The molecule has 2 heterocycles. The lowest BCUT2D eigenvalue weighted by Gasteiger charge is -2.22. The lowest BCUT2D eigenvalue weighted by atomic mass is 9.96. The van der Waals surface area contributed by atoms with Gasteiger partial charge in [0.15, 0.2) is 0 Å². The Hall–Kier alpha value is -4.00. The molecule has 138 valence electrons. The van der Waals surface area contributed by atoms with Crippen molar-refractivity contribution in [1.82, 2.24) is 9.97 Å². The molecule has 7 heteroatoms. The molecule has 0 fully saturated rings. The van der Waals surface area contributed by atoms with Crippen LogP contribution in [0.3, 0.4) is 0 Å². The van der Waals surface area contributed by atoms with Crippen LogP contribution in [0.5, 0.6) is 5.75 Å². The minimum atomic E-state index is -0.470. The van der Waals surface area contributed by atoms with Crippen LogP contribution in [-0.2, 0) is 0 Å². The van der Waals surface area contributed by atoms with Crippen LogP contribution in [0.4, 0.5) is 11.5 Å². The van der Waals surface area contributed by atoms with E-state index in [4.69, 9.17) is 0 Å². The Balaban J connectivity index is 1.83. The first kappa shape index (κ1) is 17.4. The molecule has 4 aromatic rings. The van der Waals surface area contributed by atoms with E-state index in [0.717, 1.165) is 10.9 Å². The molecule has 28 heavy (non-hydrogen) atoms. The summed E-state index contributed by atoms with van der Waals surface area (Å²) in [6.07, 6.45) is 3.29. The van der Waals surface area contributed by atoms with Gasteiger partial charge in [-0.15, -0.1) is 0 Å². The first-order valence-electron chi connectivity index (χ1n) is 8.62. The molecule has 1 unspecified atom stereocenters. The molecule has 0 amide bonds. The third kappa shape index (κ3) is 3.33. The van der Waals surface area contributed by atoms with Gasteiger partial charge in [0.25, 0.3) is 5.69 Å². The van der Waals surface area contributed by atoms with E-state index in [2.05, 4.69) is 15.3 Å². The summed E-state index contributed by atoms with van der Waals surface area (Å²) in [4.78, 5) is 19.1. The highest BCUT2D eigenvalue weighted by atomic mass is 16.6. The van der Waals surface area contributed by atoms with Crippen molar-refractivity contribution in [2.24, 2.45) is 0 Å². The number of hydrogen-bond donors (Lipinski definition) is 2. The molecular weight excluding hydrogens is 356 g/mol. The van der Waals surface area contributed by atoms with E-state index < -0.39 is 11.0 Å². The van der Waals surface area contributed by atoms with E-state index in [1.807, 2.05) is 36.4 Å². The average Bonchev–Trinajstić information content (AvgIpc) is 2.74. The summed E-state index contributed by atoms with van der Waals surface area (Å²) in [6.45, 7) is 0. The minimum Gasteiger partial charge on any atom is -0.505 e. The molecule has 0 radical (unpaired) electrons. The van der Waals surface area contributed by atoms with Gasteiger partial charge in [0, 0.05) is 35.5 Å². The maximum Gasteiger partial charge on any atom is 0.269 e. The van der Waals surface area contributed by atoms with Gasteiger partial charge in [-0.3, -0.25) is 15.1 Å². The van der Waals surface area contributed by atoms with Crippen molar-refractivity contribution in [3.05, 3.63) is 100 Å². The monoisotopic (exact) mass is 372 g/mol. The van der Waals surface area contributed by atoms with Gasteiger partial charge in [-0.1, -0.05) is 24.3 Å². The Kier molecular flexibility index (Phi) is 4.55. The van der Waals surface area contributed by atoms with E-state index in [1.54, 1.807) is 30.6 Å². The summed E-state index contributed by atoms with van der Waals surface area (Å²) in [7, 11) is 0. The Morgan fingerprint density at radius 1 is 0.929 bits per heavy atom. The van der Waals surface area contributed by atoms with Crippen LogP contribution in [0.1, 0.15) is 17.2 Å². The van der Waals surface area contributed by atoms with Gasteiger partial charge >= 0.3 is 0 Å². The summed E-state index contributed by atoms with van der Waals surface area (Å²) in [6, 6.07) is 18.6. The first-order valence-corrected chi connectivity index (χ1v) is 8.62. The van der Waals surface area contributed by atoms with Gasteiger partial charge in [0.05, 0.1) is 11.0 Å². The second-order valence-electron chi connectivity index (χ2n) is 6.22. The number of rotatable bonds is 5. The molecule has 2 aromatic carbocycles. The number of anilines is 1. The number of nitro benzene ring substituents is 1. The molecular formula is C21H16N4O3. The Bertz CT molecular complexity index is 1130. The molecule has 0 aliphatic carbocycles. The van der Waals surface area contributed by atoms with Crippen molar-refractivity contribution >= 4 is 22.4 Å². The fraction of sp³-hybridized carbons (Fsp3) is 0.0476. The number of benzene rings is 2. The topological polar surface area (TPSA) is 101 Å². The van der Waals surface area contributed by atoms with E-state index in [0.29, 0.717) is 16.9 Å². The molecule has 0 aliphatic heterocycles. The third-order valence-corrected chi connectivity index (χ3v) is 4.48. The van der Waals surface area contributed by atoms with Crippen LogP contribution >= 0.6 is 0 Å². The summed E-state index contributed by atoms with van der Waals surface area (Å²) in [5.41, 5.74) is 1.85. The highest BCUT2D eigenvalue weighted by molar-refractivity contribution is 5.86. The number of pyridine rings is 2. The Labute approximate surface area is 160 Å². The van der Waals surface area contributed by atoms with Crippen molar-refractivity contribution in [3.8, 4) is 5.75 Å². The van der Waals surface area contributed by atoms with E-state index >= 15 is 0 Å². The third-order valence-electron chi connectivity index (χ3n) is 4.48. The van der Waals surface area contributed by atoms with E-state index in [1.165, 1.54) is 12.1 Å². The predicted molar refractivity (Wildman–Crippen MR) is 106 cm³/mol. The number of nitro groups is 1. The zero-order valence-corrected chi connectivity index (χ0v) is 14.7. The predicted octanol–water partition coefficient (Wildman–Crippen LogP) is 4.45. The van der Waals surface area contributed by atoms with Gasteiger partial charge in [0.1, 0.15) is 17.1 Å². The number of fused-ring (bicyclic) bond motifs is 1. The van der Waals surface area contributed by atoms with Gasteiger partial charge in [-0.05, 0) is 35.9 Å². The number of non-ortho nitro benzene ring substituents is 1. The average molecular weight is 372 g/mol. The maximum atomic E-state index is 11.0. The van der Waals surface area contributed by atoms with Crippen LogP contribution in [0.2, 0.25) is 0 Å². The largest absolute Gasteiger partial charge is 0.505 e. The first-order chi connectivity index (χ1) is 13.6. The normalized spacial score (nSPS) is 11.9. The molecule has 0 saturated carbocycles. The fourth-order valence-electron chi connectivity index (χ4n) is 3.10. The molecule has 0 aliphatic rings. The van der Waals surface area contributed by atoms with Crippen molar-refractivity contribution < 1.29 is 10.0 Å². The zero-order chi connectivity index (χ0) is 19.5. The summed E-state index contributed by atoms with van der Waals surface area (Å²) in [5.74, 6) is 0.677. The number of aromatic hydroxyl groups is 1. The van der Waals surface area contributed by atoms with Gasteiger partial charge < -0.3 is 10.4 Å². The molecule has 0 bridgehead atoms. The summed E-state index contributed by atoms with van der Waals surface area (Å²) < 4.78 is 0. The van der Waals surface area contributed by atoms with Gasteiger partial charge in [-0.25, -0.2) is 4.98 Å². The van der Waals surface area contributed by atoms with Crippen molar-refractivity contribution in [2.45, 2.75) is 6.04 Å². The van der Waals surface area contributed by atoms with Crippen LogP contribution < -0.4 is 5.32 Å².